The summed E-state index contributed by atoms with van der Waals surface area (Å²) >= 11 is 0. The Balaban J connectivity index is 1.84. The van der Waals surface area contributed by atoms with E-state index in [1.165, 1.54) is 12.8 Å². The maximum Gasteiger partial charge on any atom is 0.148 e. The lowest BCUT2D eigenvalue weighted by molar-refractivity contribution is 0.276. The zero-order chi connectivity index (χ0) is 12.4. The summed E-state index contributed by atoms with van der Waals surface area (Å²) in [7, 11) is 0. The van der Waals surface area contributed by atoms with Gasteiger partial charge in [0, 0.05) is 6.04 Å². The molecule has 5 heteroatoms. The highest BCUT2D eigenvalue weighted by Gasteiger charge is 2.30. The maximum absolute atomic E-state index is 9.12. The summed E-state index contributed by atoms with van der Waals surface area (Å²) in [4.78, 5) is 10.7. The molecule has 1 aliphatic carbocycles. The Morgan fingerprint density at radius 1 is 1.39 bits per heavy atom. The average Bonchev–Trinajstić information content (AvgIpc) is 3.13. The zero-order valence-electron chi connectivity index (χ0n) is 9.99. The molecule has 0 atom stereocenters. The molecule has 1 aliphatic rings. The lowest BCUT2D eigenvalue weighted by Gasteiger charge is -2.22. The van der Waals surface area contributed by atoms with Gasteiger partial charge in [0.25, 0.3) is 0 Å². The van der Waals surface area contributed by atoms with E-state index >= 15 is 0 Å². The number of nitrogens with zero attached hydrogens (tertiary/aromatic N) is 3. The summed E-state index contributed by atoms with van der Waals surface area (Å²) in [6.45, 7) is 0.612. The predicted molar refractivity (Wildman–Crippen MR) is 65.9 cm³/mol. The van der Waals surface area contributed by atoms with Crippen molar-refractivity contribution in [2.75, 3.05) is 4.90 Å². The van der Waals surface area contributed by atoms with Crippen LogP contribution in [0.3, 0.4) is 0 Å². The van der Waals surface area contributed by atoms with Gasteiger partial charge in [-0.25, -0.2) is 4.98 Å². The minimum absolute atomic E-state index is 0.0832. The Labute approximate surface area is 105 Å². The molecule has 18 heavy (non-hydrogen) atoms. The van der Waals surface area contributed by atoms with Crippen molar-refractivity contribution in [3.8, 4) is 0 Å². The third kappa shape index (κ3) is 2.36. The van der Waals surface area contributed by atoms with Crippen LogP contribution in [0.15, 0.2) is 35.2 Å². The lowest BCUT2D eigenvalue weighted by atomic mass is 10.3. The molecular weight excluding hydrogens is 230 g/mol. The van der Waals surface area contributed by atoms with E-state index in [2.05, 4.69) is 14.9 Å². The second kappa shape index (κ2) is 4.78. The van der Waals surface area contributed by atoms with E-state index in [-0.39, 0.29) is 6.61 Å². The van der Waals surface area contributed by atoms with Crippen molar-refractivity contribution in [3.05, 3.63) is 42.2 Å². The van der Waals surface area contributed by atoms with E-state index in [1.54, 1.807) is 18.7 Å². The first kappa shape index (κ1) is 11.2. The van der Waals surface area contributed by atoms with Gasteiger partial charge in [-0.2, -0.15) is 0 Å². The Kier molecular flexibility index (Phi) is 2.98. The van der Waals surface area contributed by atoms with E-state index in [0.717, 1.165) is 11.6 Å². The molecule has 0 saturated heterocycles. The topological polar surface area (TPSA) is 62.4 Å². The normalized spacial score (nSPS) is 14.7. The molecule has 1 fully saturated rings. The van der Waals surface area contributed by atoms with E-state index in [4.69, 9.17) is 9.52 Å². The number of aromatic nitrogens is 2. The van der Waals surface area contributed by atoms with Gasteiger partial charge in [0.1, 0.15) is 11.6 Å². The van der Waals surface area contributed by atoms with Crippen LogP contribution in [0.1, 0.15) is 24.3 Å². The monoisotopic (exact) mass is 245 g/mol. The molecule has 1 N–H and O–H groups in total. The van der Waals surface area contributed by atoms with Gasteiger partial charge in [-0.05, 0) is 25.0 Å². The summed E-state index contributed by atoms with van der Waals surface area (Å²) in [6, 6.07) is 4.35. The highest BCUT2D eigenvalue weighted by Crippen LogP contribution is 2.31. The molecule has 0 amide bonds. The fourth-order valence-corrected chi connectivity index (χ4v) is 1.96. The number of anilines is 1. The highest BCUT2D eigenvalue weighted by molar-refractivity contribution is 5.40. The van der Waals surface area contributed by atoms with Crippen LogP contribution in [0.4, 0.5) is 5.82 Å². The smallest absolute Gasteiger partial charge is 0.148 e. The average molecular weight is 245 g/mol. The minimum atomic E-state index is -0.0832. The molecule has 0 unspecified atom stereocenters. The molecule has 3 rings (SSSR count). The molecule has 1 saturated carbocycles. The van der Waals surface area contributed by atoms with Crippen LogP contribution in [0.2, 0.25) is 0 Å². The van der Waals surface area contributed by atoms with Gasteiger partial charge in [0.2, 0.25) is 0 Å². The molecule has 0 aromatic carbocycles. The van der Waals surface area contributed by atoms with Gasteiger partial charge in [-0.15, -0.1) is 0 Å². The van der Waals surface area contributed by atoms with Crippen molar-refractivity contribution in [1.29, 1.82) is 0 Å². The molecule has 0 aliphatic heterocycles. The molecule has 94 valence electrons. The van der Waals surface area contributed by atoms with Crippen molar-refractivity contribution in [1.82, 2.24) is 9.97 Å². The summed E-state index contributed by atoms with van der Waals surface area (Å²) in [6.07, 6.45) is 7.34. The standard InChI is InChI=1S/C13H15N3O2/c17-9-10-6-14-7-13(15-10)16(11-3-4-11)8-12-2-1-5-18-12/h1-2,5-7,11,17H,3-4,8-9H2. The molecule has 0 bridgehead atoms. The number of aliphatic hydroxyl groups excluding tert-OH is 1. The van der Waals surface area contributed by atoms with Crippen LogP contribution in [0, 0.1) is 0 Å². The highest BCUT2D eigenvalue weighted by atomic mass is 16.3. The third-order valence-corrected chi connectivity index (χ3v) is 3.02. The molecule has 2 aromatic heterocycles. The van der Waals surface area contributed by atoms with Crippen molar-refractivity contribution < 1.29 is 9.52 Å². The Hall–Kier alpha value is -1.88. The van der Waals surface area contributed by atoms with Crippen LogP contribution >= 0.6 is 0 Å². The van der Waals surface area contributed by atoms with Crippen molar-refractivity contribution in [3.63, 3.8) is 0 Å². The molecule has 0 spiro atoms. The lowest BCUT2D eigenvalue weighted by Crippen LogP contribution is -2.26. The van der Waals surface area contributed by atoms with E-state index in [1.807, 2.05) is 12.1 Å². The molecular formula is C13H15N3O2. The third-order valence-electron chi connectivity index (χ3n) is 3.02. The van der Waals surface area contributed by atoms with Gasteiger partial charge in [-0.3, -0.25) is 4.98 Å². The summed E-state index contributed by atoms with van der Waals surface area (Å²) in [5.74, 6) is 1.72. The van der Waals surface area contributed by atoms with E-state index < -0.39 is 0 Å². The predicted octanol–water partition coefficient (Wildman–Crippen LogP) is 1.73. The number of furan rings is 1. The largest absolute Gasteiger partial charge is 0.467 e. The first-order valence-electron chi connectivity index (χ1n) is 6.07. The number of hydrogen-bond acceptors (Lipinski definition) is 5. The number of aliphatic hydroxyl groups is 1. The van der Waals surface area contributed by atoms with Crippen molar-refractivity contribution in [2.24, 2.45) is 0 Å². The van der Waals surface area contributed by atoms with Gasteiger partial charge in [0.05, 0.1) is 37.5 Å². The van der Waals surface area contributed by atoms with Gasteiger partial charge in [0.15, 0.2) is 0 Å². The SMILES string of the molecule is OCc1cncc(N(Cc2ccco2)C2CC2)n1. The molecule has 2 heterocycles. The van der Waals surface area contributed by atoms with Gasteiger partial charge >= 0.3 is 0 Å². The summed E-state index contributed by atoms with van der Waals surface area (Å²) in [5.41, 5.74) is 0.595. The van der Waals surface area contributed by atoms with E-state index in [0.29, 0.717) is 18.3 Å². The fourth-order valence-electron chi connectivity index (χ4n) is 1.96. The van der Waals surface area contributed by atoms with Gasteiger partial charge in [-0.1, -0.05) is 0 Å². The fraction of sp³-hybridized carbons (Fsp3) is 0.385. The number of rotatable bonds is 5. The van der Waals surface area contributed by atoms with E-state index in [9.17, 15) is 0 Å². The minimum Gasteiger partial charge on any atom is -0.467 e. The van der Waals surface area contributed by atoms with Crippen LogP contribution in [-0.2, 0) is 13.2 Å². The van der Waals surface area contributed by atoms with Crippen LogP contribution < -0.4 is 4.90 Å². The Morgan fingerprint density at radius 2 is 2.28 bits per heavy atom. The zero-order valence-corrected chi connectivity index (χ0v) is 9.99. The molecule has 0 radical (unpaired) electrons. The molecule has 5 nitrogen and oxygen atoms in total. The second-order valence-corrected chi connectivity index (χ2v) is 4.47. The summed E-state index contributed by atoms with van der Waals surface area (Å²) in [5, 5.41) is 9.12. The van der Waals surface area contributed by atoms with Crippen LogP contribution in [0.25, 0.3) is 0 Å². The quantitative estimate of drug-likeness (QED) is 0.869. The van der Waals surface area contributed by atoms with Crippen LogP contribution in [-0.4, -0.2) is 21.1 Å². The van der Waals surface area contributed by atoms with Crippen molar-refractivity contribution in [2.45, 2.75) is 32.0 Å². The Morgan fingerprint density at radius 3 is 2.94 bits per heavy atom. The first-order valence-corrected chi connectivity index (χ1v) is 6.07. The van der Waals surface area contributed by atoms with Crippen LogP contribution in [0.5, 0.6) is 0 Å². The Bertz CT molecular complexity index is 509. The summed E-state index contributed by atoms with van der Waals surface area (Å²) < 4.78 is 5.38. The maximum atomic E-state index is 9.12. The second-order valence-electron chi connectivity index (χ2n) is 4.47. The first-order chi connectivity index (χ1) is 8.86. The molecule has 2 aromatic rings. The van der Waals surface area contributed by atoms with Crippen molar-refractivity contribution >= 4 is 5.82 Å². The van der Waals surface area contributed by atoms with Gasteiger partial charge < -0.3 is 14.4 Å². The number of hydrogen-bond donors (Lipinski definition) is 1.